The standard InChI is InChI=1S/C14H11Cl2NO2/c15-12-8-11(14(16)17-18)6-7-13(12)19-9-10-4-2-1-3-5-10/h1-8,18H,9H2. The van der Waals surface area contributed by atoms with Crippen molar-refractivity contribution in [1.82, 2.24) is 0 Å². The van der Waals surface area contributed by atoms with Crippen LogP contribution in [0.1, 0.15) is 11.1 Å². The normalized spacial score (nSPS) is 11.4. The van der Waals surface area contributed by atoms with E-state index < -0.39 is 0 Å². The molecule has 0 aromatic heterocycles. The summed E-state index contributed by atoms with van der Waals surface area (Å²) in [7, 11) is 0. The van der Waals surface area contributed by atoms with Gasteiger partial charge in [0.15, 0.2) is 5.17 Å². The summed E-state index contributed by atoms with van der Waals surface area (Å²) < 4.78 is 5.61. The van der Waals surface area contributed by atoms with E-state index in [0.29, 0.717) is 22.9 Å². The molecule has 0 radical (unpaired) electrons. The highest BCUT2D eigenvalue weighted by atomic mass is 35.5. The van der Waals surface area contributed by atoms with E-state index >= 15 is 0 Å². The highest BCUT2D eigenvalue weighted by Crippen LogP contribution is 2.27. The van der Waals surface area contributed by atoms with Gasteiger partial charge in [0, 0.05) is 5.56 Å². The maximum atomic E-state index is 8.58. The van der Waals surface area contributed by atoms with E-state index in [-0.39, 0.29) is 5.17 Å². The van der Waals surface area contributed by atoms with E-state index in [1.54, 1.807) is 18.2 Å². The number of halogens is 2. The quantitative estimate of drug-likeness (QED) is 0.519. The van der Waals surface area contributed by atoms with Crippen LogP contribution in [0.2, 0.25) is 5.02 Å². The Morgan fingerprint density at radius 1 is 1.16 bits per heavy atom. The summed E-state index contributed by atoms with van der Waals surface area (Å²) in [6.45, 7) is 0.432. The number of benzene rings is 2. The Morgan fingerprint density at radius 2 is 1.89 bits per heavy atom. The summed E-state index contributed by atoms with van der Waals surface area (Å²) >= 11 is 11.8. The maximum Gasteiger partial charge on any atom is 0.175 e. The second kappa shape index (κ2) is 6.45. The predicted octanol–water partition coefficient (Wildman–Crippen LogP) is 4.29. The molecule has 19 heavy (non-hydrogen) atoms. The number of hydrogen-bond donors (Lipinski definition) is 1. The fourth-order valence-corrected chi connectivity index (χ4v) is 1.89. The van der Waals surface area contributed by atoms with Crippen molar-refractivity contribution in [3.05, 3.63) is 64.7 Å². The van der Waals surface area contributed by atoms with Gasteiger partial charge < -0.3 is 9.94 Å². The Kier molecular flexibility index (Phi) is 4.66. The molecule has 0 heterocycles. The number of ether oxygens (including phenoxy) is 1. The number of nitrogens with zero attached hydrogens (tertiary/aromatic N) is 1. The predicted molar refractivity (Wildman–Crippen MR) is 76.4 cm³/mol. The molecule has 0 atom stereocenters. The van der Waals surface area contributed by atoms with Gasteiger partial charge in [-0.15, -0.1) is 0 Å². The van der Waals surface area contributed by atoms with Gasteiger partial charge >= 0.3 is 0 Å². The molecule has 3 nitrogen and oxygen atoms in total. The highest BCUT2D eigenvalue weighted by molar-refractivity contribution is 6.69. The summed E-state index contributed by atoms with van der Waals surface area (Å²) in [5.41, 5.74) is 1.58. The molecule has 2 aromatic carbocycles. The van der Waals surface area contributed by atoms with Crippen molar-refractivity contribution in [3.8, 4) is 5.75 Å². The van der Waals surface area contributed by atoms with Gasteiger partial charge in [0.2, 0.25) is 0 Å². The lowest BCUT2D eigenvalue weighted by molar-refractivity contribution is 0.306. The molecule has 0 fully saturated rings. The lowest BCUT2D eigenvalue weighted by Gasteiger charge is -2.09. The molecule has 2 rings (SSSR count). The lowest BCUT2D eigenvalue weighted by atomic mass is 10.2. The molecule has 5 heteroatoms. The molecular formula is C14H11Cl2NO2. The Morgan fingerprint density at radius 3 is 2.53 bits per heavy atom. The fourth-order valence-electron chi connectivity index (χ4n) is 1.54. The van der Waals surface area contributed by atoms with Crippen LogP contribution in [-0.2, 0) is 6.61 Å². The van der Waals surface area contributed by atoms with Crippen LogP contribution in [0, 0.1) is 0 Å². The van der Waals surface area contributed by atoms with Gasteiger partial charge in [0.05, 0.1) is 5.02 Å². The molecule has 98 valence electrons. The van der Waals surface area contributed by atoms with E-state index in [4.69, 9.17) is 33.1 Å². The first-order valence-electron chi connectivity index (χ1n) is 5.55. The van der Waals surface area contributed by atoms with Crippen LogP contribution in [0.4, 0.5) is 0 Å². The molecule has 0 bridgehead atoms. The molecule has 0 amide bonds. The van der Waals surface area contributed by atoms with Crippen molar-refractivity contribution < 1.29 is 9.94 Å². The van der Waals surface area contributed by atoms with Crippen LogP contribution in [0.25, 0.3) is 0 Å². The van der Waals surface area contributed by atoms with E-state index in [2.05, 4.69) is 5.16 Å². The zero-order chi connectivity index (χ0) is 13.7. The number of rotatable bonds is 4. The largest absolute Gasteiger partial charge is 0.487 e. The Balaban J connectivity index is 2.10. The van der Waals surface area contributed by atoms with Crippen LogP contribution < -0.4 is 4.74 Å². The van der Waals surface area contributed by atoms with Crippen LogP contribution >= 0.6 is 23.2 Å². The van der Waals surface area contributed by atoms with E-state index in [1.807, 2.05) is 30.3 Å². The smallest absolute Gasteiger partial charge is 0.175 e. The van der Waals surface area contributed by atoms with Crippen LogP contribution in [0.5, 0.6) is 5.75 Å². The maximum absolute atomic E-state index is 8.58. The van der Waals surface area contributed by atoms with Crippen molar-refractivity contribution >= 4 is 28.4 Å². The van der Waals surface area contributed by atoms with E-state index in [1.165, 1.54) is 0 Å². The Hall–Kier alpha value is -1.71. The van der Waals surface area contributed by atoms with E-state index in [9.17, 15) is 0 Å². The van der Waals surface area contributed by atoms with Gasteiger partial charge in [-0.2, -0.15) is 0 Å². The molecule has 0 aliphatic heterocycles. The van der Waals surface area contributed by atoms with Gasteiger partial charge in [-0.1, -0.05) is 58.7 Å². The summed E-state index contributed by atoms with van der Waals surface area (Å²) in [6.07, 6.45) is 0. The van der Waals surface area contributed by atoms with Gasteiger partial charge in [-0.3, -0.25) is 0 Å². The van der Waals surface area contributed by atoms with Gasteiger partial charge in [0.1, 0.15) is 12.4 Å². The first-order chi connectivity index (χ1) is 9.20. The zero-order valence-corrected chi connectivity index (χ0v) is 11.4. The number of hydrogen-bond acceptors (Lipinski definition) is 3. The third-order valence-electron chi connectivity index (χ3n) is 2.50. The summed E-state index contributed by atoms with van der Waals surface area (Å²) in [4.78, 5) is 0. The van der Waals surface area contributed by atoms with Gasteiger partial charge in [-0.05, 0) is 23.8 Å². The van der Waals surface area contributed by atoms with Crippen LogP contribution in [0.15, 0.2) is 53.7 Å². The number of oxime groups is 1. The zero-order valence-electron chi connectivity index (χ0n) is 9.88. The Labute approximate surface area is 121 Å². The molecule has 2 aromatic rings. The SMILES string of the molecule is ON=C(Cl)c1ccc(OCc2ccccc2)c(Cl)c1. The van der Waals surface area contributed by atoms with Crippen LogP contribution in [0.3, 0.4) is 0 Å². The highest BCUT2D eigenvalue weighted by Gasteiger charge is 2.07. The molecule has 0 aliphatic rings. The molecule has 0 saturated carbocycles. The van der Waals surface area contributed by atoms with Gasteiger partial charge in [-0.25, -0.2) is 0 Å². The summed E-state index contributed by atoms with van der Waals surface area (Å²) in [5.74, 6) is 0.552. The van der Waals surface area contributed by atoms with Crippen molar-refractivity contribution in [3.63, 3.8) is 0 Å². The topological polar surface area (TPSA) is 41.8 Å². The van der Waals surface area contributed by atoms with Gasteiger partial charge in [0.25, 0.3) is 0 Å². The summed E-state index contributed by atoms with van der Waals surface area (Å²) in [6, 6.07) is 14.7. The molecular weight excluding hydrogens is 285 g/mol. The van der Waals surface area contributed by atoms with E-state index in [0.717, 1.165) is 5.56 Å². The average molecular weight is 296 g/mol. The second-order valence-corrected chi connectivity index (χ2v) is 4.58. The van der Waals surface area contributed by atoms with Crippen molar-refractivity contribution in [2.75, 3.05) is 0 Å². The first kappa shape index (κ1) is 13.7. The molecule has 0 unspecified atom stereocenters. The van der Waals surface area contributed by atoms with Crippen LogP contribution in [-0.4, -0.2) is 10.4 Å². The third kappa shape index (κ3) is 3.63. The van der Waals surface area contributed by atoms with Crippen molar-refractivity contribution in [2.24, 2.45) is 5.16 Å². The minimum absolute atomic E-state index is 0.0171. The monoisotopic (exact) mass is 295 g/mol. The lowest BCUT2D eigenvalue weighted by Crippen LogP contribution is -1.97. The minimum atomic E-state index is -0.0171. The molecule has 0 spiro atoms. The first-order valence-corrected chi connectivity index (χ1v) is 6.30. The fraction of sp³-hybridized carbons (Fsp3) is 0.0714. The average Bonchev–Trinajstić information content (AvgIpc) is 2.46. The van der Waals surface area contributed by atoms with Crippen molar-refractivity contribution in [2.45, 2.75) is 6.61 Å². The molecule has 0 aliphatic carbocycles. The Bertz CT molecular complexity index is 585. The molecule has 0 saturated heterocycles. The summed E-state index contributed by atoms with van der Waals surface area (Å²) in [5, 5.41) is 11.9. The van der Waals surface area contributed by atoms with Crippen molar-refractivity contribution in [1.29, 1.82) is 0 Å². The minimum Gasteiger partial charge on any atom is -0.487 e. The molecule has 1 N–H and O–H groups in total. The third-order valence-corrected chi connectivity index (χ3v) is 3.08. The second-order valence-electron chi connectivity index (χ2n) is 3.81.